The van der Waals surface area contributed by atoms with E-state index in [1.165, 1.54) is 12.8 Å². The van der Waals surface area contributed by atoms with Gasteiger partial charge in [0.2, 0.25) is 0 Å². The molecule has 106 valence electrons. The molecule has 0 spiro atoms. The lowest BCUT2D eigenvalue weighted by atomic mass is 9.90. The molecule has 20 heavy (non-hydrogen) atoms. The maximum Gasteiger partial charge on any atom is 0.0954 e. The number of hydrogen-bond donors (Lipinski definition) is 1. The Bertz CT molecular complexity index is 609. The Labute approximate surface area is 128 Å². The van der Waals surface area contributed by atoms with Crippen LogP contribution in [0.15, 0.2) is 30.7 Å². The molecule has 1 saturated carbocycles. The van der Waals surface area contributed by atoms with Gasteiger partial charge in [-0.3, -0.25) is 0 Å². The summed E-state index contributed by atoms with van der Waals surface area (Å²) in [5.41, 5.74) is 8.17. The van der Waals surface area contributed by atoms with E-state index in [1.807, 2.05) is 24.7 Å². The SMILES string of the molecule is NC1CCCCC1n1cncc1-c1cc(Cl)ccc1Cl. The van der Waals surface area contributed by atoms with Gasteiger partial charge in [-0.1, -0.05) is 36.0 Å². The van der Waals surface area contributed by atoms with Crippen molar-refractivity contribution in [3.63, 3.8) is 0 Å². The number of imidazole rings is 1. The van der Waals surface area contributed by atoms with Gasteiger partial charge in [-0.25, -0.2) is 4.98 Å². The predicted octanol–water partition coefficient (Wildman–Crippen LogP) is 4.30. The summed E-state index contributed by atoms with van der Waals surface area (Å²) < 4.78 is 2.15. The molecule has 0 radical (unpaired) electrons. The second-order valence-electron chi connectivity index (χ2n) is 5.33. The monoisotopic (exact) mass is 309 g/mol. The molecule has 2 aromatic rings. The highest BCUT2D eigenvalue weighted by molar-refractivity contribution is 6.35. The highest BCUT2D eigenvalue weighted by atomic mass is 35.5. The van der Waals surface area contributed by atoms with Gasteiger partial charge in [0.15, 0.2) is 0 Å². The van der Waals surface area contributed by atoms with Crippen molar-refractivity contribution >= 4 is 23.2 Å². The molecular weight excluding hydrogens is 293 g/mol. The van der Waals surface area contributed by atoms with Crippen LogP contribution < -0.4 is 5.73 Å². The normalized spacial score (nSPS) is 22.9. The molecule has 3 nitrogen and oxygen atoms in total. The average Bonchev–Trinajstić information content (AvgIpc) is 2.91. The topological polar surface area (TPSA) is 43.8 Å². The Balaban J connectivity index is 2.03. The molecule has 0 amide bonds. The molecular formula is C15H17Cl2N3. The van der Waals surface area contributed by atoms with Crippen LogP contribution >= 0.6 is 23.2 Å². The predicted molar refractivity (Wildman–Crippen MR) is 83.2 cm³/mol. The van der Waals surface area contributed by atoms with Gasteiger partial charge in [-0.05, 0) is 31.0 Å². The molecule has 2 atom stereocenters. The first kappa shape index (κ1) is 13.9. The average molecular weight is 310 g/mol. The fourth-order valence-electron chi connectivity index (χ4n) is 2.96. The first-order valence-electron chi connectivity index (χ1n) is 6.89. The van der Waals surface area contributed by atoms with Gasteiger partial charge < -0.3 is 10.3 Å². The van der Waals surface area contributed by atoms with Crippen molar-refractivity contribution in [1.82, 2.24) is 9.55 Å². The number of benzene rings is 1. The molecule has 0 aliphatic heterocycles. The summed E-state index contributed by atoms with van der Waals surface area (Å²) in [5, 5.41) is 1.35. The van der Waals surface area contributed by atoms with Crippen LogP contribution in [-0.2, 0) is 0 Å². The molecule has 0 saturated heterocycles. The van der Waals surface area contributed by atoms with E-state index in [2.05, 4.69) is 9.55 Å². The van der Waals surface area contributed by atoms with Gasteiger partial charge in [0.25, 0.3) is 0 Å². The molecule has 2 N–H and O–H groups in total. The Hall–Kier alpha value is -1.03. The van der Waals surface area contributed by atoms with Crippen LogP contribution in [-0.4, -0.2) is 15.6 Å². The van der Waals surface area contributed by atoms with Crippen LogP contribution in [0.25, 0.3) is 11.3 Å². The fourth-order valence-corrected chi connectivity index (χ4v) is 3.34. The molecule has 5 heteroatoms. The zero-order valence-corrected chi connectivity index (χ0v) is 12.6. The summed E-state index contributed by atoms with van der Waals surface area (Å²) in [6.07, 6.45) is 8.24. The van der Waals surface area contributed by atoms with Crippen molar-refractivity contribution in [1.29, 1.82) is 0 Å². The number of nitrogens with two attached hydrogens (primary N) is 1. The first-order chi connectivity index (χ1) is 9.66. The van der Waals surface area contributed by atoms with E-state index < -0.39 is 0 Å². The van der Waals surface area contributed by atoms with Crippen LogP contribution in [0.5, 0.6) is 0 Å². The fraction of sp³-hybridized carbons (Fsp3) is 0.400. The lowest BCUT2D eigenvalue weighted by Crippen LogP contribution is -2.35. The van der Waals surface area contributed by atoms with E-state index in [0.717, 1.165) is 24.1 Å². The molecule has 1 heterocycles. The maximum atomic E-state index is 6.30. The minimum Gasteiger partial charge on any atom is -0.326 e. The molecule has 1 aromatic carbocycles. The van der Waals surface area contributed by atoms with Crippen LogP contribution in [0.3, 0.4) is 0 Å². The summed E-state index contributed by atoms with van der Waals surface area (Å²) in [4.78, 5) is 4.28. The third-order valence-corrected chi connectivity index (χ3v) is 4.57. The van der Waals surface area contributed by atoms with E-state index in [0.29, 0.717) is 10.0 Å². The molecule has 1 aliphatic carbocycles. The van der Waals surface area contributed by atoms with Gasteiger partial charge in [-0.15, -0.1) is 0 Å². The number of hydrogen-bond acceptors (Lipinski definition) is 2. The standard InChI is InChI=1S/C15H17Cl2N3/c16-10-5-6-12(17)11(7-10)15-8-19-9-20(15)14-4-2-1-3-13(14)18/h5-9,13-14H,1-4,18H2. The smallest absolute Gasteiger partial charge is 0.0954 e. The van der Waals surface area contributed by atoms with Gasteiger partial charge >= 0.3 is 0 Å². The maximum absolute atomic E-state index is 6.30. The molecule has 0 bridgehead atoms. The second-order valence-corrected chi connectivity index (χ2v) is 6.17. The number of nitrogens with zero attached hydrogens (tertiary/aromatic N) is 2. The van der Waals surface area contributed by atoms with Crippen LogP contribution in [0.2, 0.25) is 10.0 Å². The number of halogens is 2. The minimum absolute atomic E-state index is 0.176. The second kappa shape index (κ2) is 5.76. The summed E-state index contributed by atoms with van der Waals surface area (Å²) >= 11 is 12.4. The third-order valence-electron chi connectivity index (χ3n) is 4.01. The Morgan fingerprint density at radius 2 is 2.00 bits per heavy atom. The lowest BCUT2D eigenvalue weighted by Gasteiger charge is -2.31. The van der Waals surface area contributed by atoms with Crippen molar-refractivity contribution in [2.45, 2.75) is 37.8 Å². The third kappa shape index (κ3) is 2.58. The highest BCUT2D eigenvalue weighted by Gasteiger charge is 2.25. The van der Waals surface area contributed by atoms with Crippen LogP contribution in [0.4, 0.5) is 0 Å². The van der Waals surface area contributed by atoms with E-state index >= 15 is 0 Å². The van der Waals surface area contributed by atoms with E-state index in [4.69, 9.17) is 28.9 Å². The lowest BCUT2D eigenvalue weighted by molar-refractivity contribution is 0.308. The van der Waals surface area contributed by atoms with E-state index in [9.17, 15) is 0 Å². The van der Waals surface area contributed by atoms with Gasteiger partial charge in [0.05, 0.1) is 29.3 Å². The van der Waals surface area contributed by atoms with Crippen molar-refractivity contribution < 1.29 is 0 Å². The van der Waals surface area contributed by atoms with E-state index in [-0.39, 0.29) is 12.1 Å². The summed E-state index contributed by atoms with van der Waals surface area (Å²) in [6, 6.07) is 5.95. The highest BCUT2D eigenvalue weighted by Crippen LogP contribution is 2.35. The minimum atomic E-state index is 0.176. The molecule has 1 aromatic heterocycles. The number of rotatable bonds is 2. The zero-order valence-electron chi connectivity index (χ0n) is 11.1. The Morgan fingerprint density at radius 1 is 1.20 bits per heavy atom. The molecule has 1 fully saturated rings. The van der Waals surface area contributed by atoms with Crippen molar-refractivity contribution in [3.05, 3.63) is 40.8 Å². The van der Waals surface area contributed by atoms with Crippen LogP contribution in [0.1, 0.15) is 31.7 Å². The summed E-state index contributed by atoms with van der Waals surface area (Å²) in [7, 11) is 0. The largest absolute Gasteiger partial charge is 0.326 e. The van der Waals surface area contributed by atoms with Gasteiger partial charge in [-0.2, -0.15) is 0 Å². The summed E-state index contributed by atoms with van der Waals surface area (Å²) in [6.45, 7) is 0. The Morgan fingerprint density at radius 3 is 2.80 bits per heavy atom. The molecule has 3 rings (SSSR count). The molecule has 2 unspecified atom stereocenters. The zero-order chi connectivity index (χ0) is 14.1. The Kier molecular flexibility index (Phi) is 4.01. The number of aromatic nitrogens is 2. The van der Waals surface area contributed by atoms with Gasteiger partial charge in [0.1, 0.15) is 0 Å². The van der Waals surface area contributed by atoms with E-state index in [1.54, 1.807) is 6.07 Å². The van der Waals surface area contributed by atoms with Crippen LogP contribution in [0, 0.1) is 0 Å². The summed E-state index contributed by atoms with van der Waals surface area (Å²) in [5.74, 6) is 0. The van der Waals surface area contributed by atoms with Crippen molar-refractivity contribution in [3.8, 4) is 11.3 Å². The quantitative estimate of drug-likeness (QED) is 0.899. The van der Waals surface area contributed by atoms with Gasteiger partial charge in [0, 0.05) is 16.6 Å². The van der Waals surface area contributed by atoms with Crippen molar-refractivity contribution in [2.75, 3.05) is 0 Å². The molecule has 1 aliphatic rings. The first-order valence-corrected chi connectivity index (χ1v) is 7.65. The van der Waals surface area contributed by atoms with Crippen molar-refractivity contribution in [2.24, 2.45) is 5.73 Å².